The monoisotopic (exact) mass is 282 g/mol. The Morgan fingerprint density at radius 1 is 1.62 bits per heavy atom. The number of hydrogen-bond acceptors (Lipinski definition) is 3. The Hall–Kier alpha value is -1.54. The Morgan fingerprint density at radius 2 is 2.25 bits per heavy atom. The van der Waals surface area contributed by atoms with Gasteiger partial charge in [0.25, 0.3) is 0 Å². The average molecular weight is 283 g/mol. The van der Waals surface area contributed by atoms with Crippen LogP contribution in [0.4, 0.5) is 5.69 Å². The second-order valence-corrected chi connectivity index (χ2v) is 4.23. The van der Waals surface area contributed by atoms with Gasteiger partial charge in [-0.1, -0.05) is 6.07 Å². The molecule has 0 aromatic heterocycles. The van der Waals surface area contributed by atoms with Gasteiger partial charge in [-0.05, 0) is 35.0 Å². The van der Waals surface area contributed by atoms with E-state index < -0.39 is 12.0 Å². The first-order valence-electron chi connectivity index (χ1n) is 4.63. The second-order valence-electron chi connectivity index (χ2n) is 3.37. The molecule has 0 radical (unpaired) electrons. The lowest BCUT2D eigenvalue weighted by molar-refractivity contribution is -0.138. The number of nitriles is 1. The number of rotatable bonds is 3. The highest BCUT2D eigenvalue weighted by atomic mass is 79.9. The van der Waals surface area contributed by atoms with Gasteiger partial charge in [0.1, 0.15) is 12.1 Å². The van der Waals surface area contributed by atoms with Crippen molar-refractivity contribution >= 4 is 27.6 Å². The summed E-state index contributed by atoms with van der Waals surface area (Å²) in [4.78, 5) is 12.4. The van der Waals surface area contributed by atoms with Gasteiger partial charge in [0.2, 0.25) is 0 Å². The Kier molecular flexibility index (Phi) is 3.91. The lowest BCUT2D eigenvalue weighted by Gasteiger charge is -2.24. The summed E-state index contributed by atoms with van der Waals surface area (Å²) < 4.78 is 0.664. The van der Waals surface area contributed by atoms with Crippen LogP contribution < -0.4 is 4.90 Å². The number of aliphatic carboxylic acids is 1. The number of halogens is 1. The third-order valence-corrected chi connectivity index (χ3v) is 3.08. The normalized spacial score (nSPS) is 11.6. The molecule has 1 atom stereocenters. The van der Waals surface area contributed by atoms with E-state index in [0.717, 1.165) is 0 Å². The Balaban J connectivity index is 3.19. The van der Waals surface area contributed by atoms with Crippen molar-refractivity contribution in [2.24, 2.45) is 0 Å². The van der Waals surface area contributed by atoms with Crippen molar-refractivity contribution in [1.82, 2.24) is 0 Å². The molecule has 16 heavy (non-hydrogen) atoms. The fourth-order valence-electron chi connectivity index (χ4n) is 1.29. The molecule has 1 aromatic carbocycles. The van der Waals surface area contributed by atoms with Crippen LogP contribution in [0, 0.1) is 11.3 Å². The van der Waals surface area contributed by atoms with Crippen LogP contribution in [-0.2, 0) is 4.79 Å². The molecule has 0 heterocycles. The maximum Gasteiger partial charge on any atom is 0.326 e. The summed E-state index contributed by atoms with van der Waals surface area (Å²) in [6.07, 6.45) is 0. The van der Waals surface area contributed by atoms with E-state index >= 15 is 0 Å². The summed E-state index contributed by atoms with van der Waals surface area (Å²) in [6, 6.07) is 6.62. The van der Waals surface area contributed by atoms with Crippen molar-refractivity contribution in [3.05, 3.63) is 28.2 Å². The maximum atomic E-state index is 10.9. The average Bonchev–Trinajstić information content (AvgIpc) is 2.26. The lowest BCUT2D eigenvalue weighted by atomic mass is 10.1. The molecule has 1 aromatic rings. The predicted octanol–water partition coefficient (Wildman–Crippen LogP) is 2.23. The van der Waals surface area contributed by atoms with Gasteiger partial charge in [-0.25, -0.2) is 4.79 Å². The van der Waals surface area contributed by atoms with Crippen LogP contribution in [0.1, 0.15) is 12.5 Å². The van der Waals surface area contributed by atoms with Crippen LogP contribution >= 0.6 is 15.9 Å². The van der Waals surface area contributed by atoms with Crippen LogP contribution in [0.25, 0.3) is 0 Å². The molecule has 84 valence electrons. The molecular weight excluding hydrogens is 272 g/mol. The topological polar surface area (TPSA) is 64.3 Å². The molecule has 0 spiro atoms. The standard InChI is InChI=1S/C11H11BrN2O2/c1-7(11(15)16)14(2)10-5-3-4-9(12)8(10)6-13/h3-5,7H,1-2H3,(H,15,16). The number of anilines is 1. The highest BCUT2D eigenvalue weighted by molar-refractivity contribution is 9.10. The summed E-state index contributed by atoms with van der Waals surface area (Å²) in [5.41, 5.74) is 1.05. The molecule has 4 nitrogen and oxygen atoms in total. The van der Waals surface area contributed by atoms with E-state index in [9.17, 15) is 4.79 Å². The van der Waals surface area contributed by atoms with E-state index in [0.29, 0.717) is 15.7 Å². The van der Waals surface area contributed by atoms with Gasteiger partial charge in [-0.3, -0.25) is 0 Å². The molecule has 0 bridgehead atoms. The van der Waals surface area contributed by atoms with Crippen molar-refractivity contribution in [1.29, 1.82) is 5.26 Å². The molecule has 0 amide bonds. The fraction of sp³-hybridized carbons (Fsp3) is 0.273. The summed E-state index contributed by atoms with van der Waals surface area (Å²) in [6.45, 7) is 1.57. The first kappa shape index (κ1) is 12.5. The molecule has 1 unspecified atom stereocenters. The van der Waals surface area contributed by atoms with Gasteiger partial charge in [0, 0.05) is 11.5 Å². The SMILES string of the molecule is CC(C(=O)O)N(C)c1cccc(Br)c1C#N. The van der Waals surface area contributed by atoms with Crippen molar-refractivity contribution in [3.63, 3.8) is 0 Å². The third-order valence-electron chi connectivity index (χ3n) is 2.42. The van der Waals surface area contributed by atoms with E-state index in [-0.39, 0.29) is 0 Å². The van der Waals surface area contributed by atoms with Gasteiger partial charge in [0.15, 0.2) is 0 Å². The summed E-state index contributed by atoms with van der Waals surface area (Å²) in [7, 11) is 1.65. The van der Waals surface area contributed by atoms with Crippen LogP contribution in [0.3, 0.4) is 0 Å². The number of nitrogens with zero attached hydrogens (tertiary/aromatic N) is 2. The lowest BCUT2D eigenvalue weighted by Crippen LogP contribution is -2.36. The molecule has 5 heteroatoms. The maximum absolute atomic E-state index is 10.9. The van der Waals surface area contributed by atoms with Crippen molar-refractivity contribution in [3.8, 4) is 6.07 Å². The number of hydrogen-bond donors (Lipinski definition) is 1. The molecule has 1 rings (SSSR count). The Labute approximate surface area is 102 Å². The minimum atomic E-state index is -0.925. The van der Waals surface area contributed by atoms with Crippen LogP contribution in [-0.4, -0.2) is 24.2 Å². The quantitative estimate of drug-likeness (QED) is 0.923. The van der Waals surface area contributed by atoms with Crippen LogP contribution in [0.5, 0.6) is 0 Å². The molecule has 0 saturated carbocycles. The number of benzene rings is 1. The largest absolute Gasteiger partial charge is 0.480 e. The molecule has 0 saturated heterocycles. The fourth-order valence-corrected chi connectivity index (χ4v) is 1.74. The van der Waals surface area contributed by atoms with E-state index in [1.807, 2.05) is 0 Å². The molecule has 0 fully saturated rings. The number of carboxylic acids is 1. The Morgan fingerprint density at radius 3 is 2.75 bits per heavy atom. The zero-order valence-corrected chi connectivity index (χ0v) is 10.5. The van der Waals surface area contributed by atoms with E-state index in [1.165, 1.54) is 0 Å². The zero-order chi connectivity index (χ0) is 12.3. The number of carbonyl (C=O) groups is 1. The van der Waals surface area contributed by atoms with Gasteiger partial charge in [-0.15, -0.1) is 0 Å². The molecule has 1 N–H and O–H groups in total. The van der Waals surface area contributed by atoms with Gasteiger partial charge in [0.05, 0.1) is 11.3 Å². The molecule has 0 aliphatic heterocycles. The first-order valence-corrected chi connectivity index (χ1v) is 5.42. The predicted molar refractivity (Wildman–Crippen MR) is 64.4 cm³/mol. The number of carboxylic acid groups (broad SMARTS) is 1. The second kappa shape index (κ2) is 4.99. The highest BCUT2D eigenvalue weighted by Gasteiger charge is 2.20. The third kappa shape index (κ3) is 2.34. The van der Waals surface area contributed by atoms with Crippen LogP contribution in [0.2, 0.25) is 0 Å². The smallest absolute Gasteiger partial charge is 0.326 e. The number of likely N-dealkylation sites (N-methyl/N-ethyl adjacent to an activating group) is 1. The van der Waals surface area contributed by atoms with Crippen molar-refractivity contribution < 1.29 is 9.90 Å². The van der Waals surface area contributed by atoms with Crippen LogP contribution in [0.15, 0.2) is 22.7 Å². The van der Waals surface area contributed by atoms with E-state index in [2.05, 4.69) is 22.0 Å². The molecular formula is C11H11BrN2O2. The summed E-state index contributed by atoms with van der Waals surface area (Å²) >= 11 is 3.27. The highest BCUT2D eigenvalue weighted by Crippen LogP contribution is 2.27. The van der Waals surface area contributed by atoms with Crippen molar-refractivity contribution in [2.75, 3.05) is 11.9 Å². The zero-order valence-electron chi connectivity index (χ0n) is 8.94. The van der Waals surface area contributed by atoms with E-state index in [1.54, 1.807) is 37.1 Å². The van der Waals surface area contributed by atoms with Gasteiger partial charge in [-0.2, -0.15) is 5.26 Å². The molecule has 0 aliphatic carbocycles. The minimum Gasteiger partial charge on any atom is -0.480 e. The molecule has 0 aliphatic rings. The van der Waals surface area contributed by atoms with E-state index in [4.69, 9.17) is 10.4 Å². The summed E-state index contributed by atoms with van der Waals surface area (Å²) in [5.74, 6) is -0.925. The van der Waals surface area contributed by atoms with Crippen molar-refractivity contribution in [2.45, 2.75) is 13.0 Å². The van der Waals surface area contributed by atoms with Gasteiger partial charge >= 0.3 is 5.97 Å². The first-order chi connectivity index (χ1) is 7.49. The Bertz CT molecular complexity index is 454. The van der Waals surface area contributed by atoms with Gasteiger partial charge < -0.3 is 10.0 Å². The summed E-state index contributed by atoms with van der Waals surface area (Å²) in [5, 5.41) is 17.9. The minimum absolute atomic E-state index is 0.443.